The van der Waals surface area contributed by atoms with E-state index in [-0.39, 0.29) is 13.0 Å². The van der Waals surface area contributed by atoms with Gasteiger partial charge in [0.15, 0.2) is 6.61 Å². The molecule has 0 aliphatic carbocycles. The molecule has 5 nitrogen and oxygen atoms in total. The van der Waals surface area contributed by atoms with Crippen molar-refractivity contribution in [3.63, 3.8) is 0 Å². The number of carbonyl (C=O) groups excluding carboxylic acids is 2. The molecule has 0 aliphatic heterocycles. The number of para-hydroxylation sites is 1. The third-order valence-corrected chi connectivity index (χ3v) is 3.75. The van der Waals surface area contributed by atoms with Gasteiger partial charge in [-0.05, 0) is 36.2 Å². The fourth-order valence-electron chi connectivity index (χ4n) is 1.92. The van der Waals surface area contributed by atoms with Crippen molar-refractivity contribution in [1.82, 2.24) is 10.9 Å². The molecule has 0 aliphatic rings. The lowest BCUT2D eigenvalue weighted by Gasteiger charge is -2.10. The molecule has 0 spiro atoms. The Morgan fingerprint density at radius 3 is 2.46 bits per heavy atom. The lowest BCUT2D eigenvalue weighted by Crippen LogP contribution is -2.44. The zero-order chi connectivity index (χ0) is 17.5. The Morgan fingerprint density at radius 2 is 1.75 bits per heavy atom. The monoisotopic (exact) mass is 366 g/mol. The second-order valence-electron chi connectivity index (χ2n) is 5.06. The molecule has 2 aromatic rings. The minimum Gasteiger partial charge on any atom is -0.483 e. The Bertz CT molecular complexity index is 750. The molecule has 7 heteroatoms. The Balaban J connectivity index is 1.77. The standard InChI is InChI=1S/C17H16Cl2N2O3/c1-11-4-2-3-5-15(11)24-10-17(23)21-20-16(22)8-12-6-7-13(18)9-14(12)19/h2-7,9H,8,10H2,1H3,(H,20,22)(H,21,23). The highest BCUT2D eigenvalue weighted by Crippen LogP contribution is 2.21. The van der Waals surface area contributed by atoms with E-state index in [1.807, 2.05) is 25.1 Å². The first kappa shape index (κ1) is 18.1. The van der Waals surface area contributed by atoms with Crippen molar-refractivity contribution in [2.24, 2.45) is 0 Å². The summed E-state index contributed by atoms with van der Waals surface area (Å²) in [6.45, 7) is 1.68. The fraction of sp³-hybridized carbons (Fsp3) is 0.176. The molecular weight excluding hydrogens is 351 g/mol. The molecule has 126 valence electrons. The minimum atomic E-state index is -0.464. The number of rotatable bonds is 5. The second-order valence-corrected chi connectivity index (χ2v) is 5.91. The van der Waals surface area contributed by atoms with Crippen molar-refractivity contribution in [3.05, 3.63) is 63.6 Å². The van der Waals surface area contributed by atoms with Gasteiger partial charge in [0.2, 0.25) is 5.91 Å². The maximum Gasteiger partial charge on any atom is 0.276 e. The number of ether oxygens (including phenoxy) is 1. The Morgan fingerprint density at radius 1 is 1.04 bits per heavy atom. The summed E-state index contributed by atoms with van der Waals surface area (Å²) in [7, 11) is 0. The molecule has 24 heavy (non-hydrogen) atoms. The molecule has 2 amide bonds. The minimum absolute atomic E-state index is 0.0228. The molecule has 2 N–H and O–H groups in total. The first-order chi connectivity index (χ1) is 11.5. The molecule has 0 heterocycles. The van der Waals surface area contributed by atoms with E-state index >= 15 is 0 Å². The van der Waals surface area contributed by atoms with Crippen LogP contribution in [-0.2, 0) is 16.0 Å². The first-order valence-electron chi connectivity index (χ1n) is 7.16. The Hall–Kier alpha value is -2.24. The van der Waals surface area contributed by atoms with Gasteiger partial charge in [0.05, 0.1) is 6.42 Å². The van der Waals surface area contributed by atoms with Gasteiger partial charge in [0, 0.05) is 10.0 Å². The zero-order valence-corrected chi connectivity index (χ0v) is 14.4. The van der Waals surface area contributed by atoms with Gasteiger partial charge in [-0.1, -0.05) is 47.5 Å². The van der Waals surface area contributed by atoms with Crippen LogP contribution in [0.5, 0.6) is 5.75 Å². The quantitative estimate of drug-likeness (QED) is 0.799. The van der Waals surface area contributed by atoms with E-state index in [0.717, 1.165) is 5.56 Å². The van der Waals surface area contributed by atoms with E-state index in [4.69, 9.17) is 27.9 Å². The summed E-state index contributed by atoms with van der Waals surface area (Å²) in [6.07, 6.45) is 0.0228. The molecule has 0 aromatic heterocycles. The molecule has 0 bridgehead atoms. The third kappa shape index (κ3) is 5.44. The number of hydrazine groups is 1. The average molecular weight is 367 g/mol. The van der Waals surface area contributed by atoms with Gasteiger partial charge < -0.3 is 4.74 Å². The van der Waals surface area contributed by atoms with Crippen molar-refractivity contribution < 1.29 is 14.3 Å². The summed E-state index contributed by atoms with van der Waals surface area (Å²) in [5.74, 6) is -0.246. The van der Waals surface area contributed by atoms with Crippen molar-refractivity contribution in [2.45, 2.75) is 13.3 Å². The number of hydrogen-bond donors (Lipinski definition) is 2. The van der Waals surface area contributed by atoms with E-state index in [1.165, 1.54) is 0 Å². The van der Waals surface area contributed by atoms with Crippen molar-refractivity contribution in [1.29, 1.82) is 0 Å². The van der Waals surface area contributed by atoms with Gasteiger partial charge >= 0.3 is 0 Å². The summed E-state index contributed by atoms with van der Waals surface area (Å²) < 4.78 is 5.38. The van der Waals surface area contributed by atoms with Crippen LogP contribution in [0.15, 0.2) is 42.5 Å². The topological polar surface area (TPSA) is 67.4 Å². The normalized spacial score (nSPS) is 10.1. The second kappa shape index (κ2) is 8.57. The van der Waals surface area contributed by atoms with Crippen LogP contribution in [-0.4, -0.2) is 18.4 Å². The fourth-order valence-corrected chi connectivity index (χ4v) is 2.39. The molecule has 0 unspecified atom stereocenters. The number of nitrogens with one attached hydrogen (secondary N) is 2. The summed E-state index contributed by atoms with van der Waals surface area (Å²) in [5, 5.41) is 0.887. The molecule has 2 rings (SSSR count). The average Bonchev–Trinajstić information content (AvgIpc) is 2.55. The maximum atomic E-state index is 11.8. The van der Waals surface area contributed by atoms with Crippen LogP contribution < -0.4 is 15.6 Å². The molecule has 2 aromatic carbocycles. The summed E-state index contributed by atoms with van der Waals surface area (Å²) in [5.41, 5.74) is 6.14. The van der Waals surface area contributed by atoms with Crippen LogP contribution in [0.3, 0.4) is 0 Å². The van der Waals surface area contributed by atoms with Crippen LogP contribution in [0, 0.1) is 6.92 Å². The summed E-state index contributed by atoms with van der Waals surface area (Å²) in [6, 6.07) is 12.2. The van der Waals surface area contributed by atoms with E-state index in [2.05, 4.69) is 10.9 Å². The van der Waals surface area contributed by atoms with E-state index < -0.39 is 11.8 Å². The molecule has 0 saturated heterocycles. The van der Waals surface area contributed by atoms with Crippen LogP contribution in [0.25, 0.3) is 0 Å². The van der Waals surface area contributed by atoms with Gasteiger partial charge in [-0.25, -0.2) is 0 Å². The number of aryl methyl sites for hydroxylation is 1. The summed E-state index contributed by atoms with van der Waals surface area (Å²) >= 11 is 11.8. The third-order valence-electron chi connectivity index (χ3n) is 3.16. The van der Waals surface area contributed by atoms with E-state index in [1.54, 1.807) is 24.3 Å². The van der Waals surface area contributed by atoms with E-state index in [0.29, 0.717) is 21.4 Å². The number of amides is 2. The van der Waals surface area contributed by atoms with Crippen LogP contribution in [0.1, 0.15) is 11.1 Å². The number of carbonyl (C=O) groups is 2. The Kier molecular flexibility index (Phi) is 6.46. The van der Waals surface area contributed by atoms with Gasteiger partial charge in [-0.15, -0.1) is 0 Å². The van der Waals surface area contributed by atoms with Crippen LogP contribution >= 0.6 is 23.2 Å². The van der Waals surface area contributed by atoms with Crippen LogP contribution in [0.4, 0.5) is 0 Å². The predicted molar refractivity (Wildman–Crippen MR) is 93.1 cm³/mol. The highest BCUT2D eigenvalue weighted by molar-refractivity contribution is 6.35. The first-order valence-corrected chi connectivity index (χ1v) is 7.91. The smallest absolute Gasteiger partial charge is 0.276 e. The molecule has 0 fully saturated rings. The lowest BCUT2D eigenvalue weighted by molar-refractivity contribution is -0.129. The van der Waals surface area contributed by atoms with Gasteiger partial charge in [-0.2, -0.15) is 0 Å². The van der Waals surface area contributed by atoms with Gasteiger partial charge in [0.25, 0.3) is 5.91 Å². The molecule has 0 radical (unpaired) electrons. The summed E-state index contributed by atoms with van der Waals surface area (Å²) in [4.78, 5) is 23.5. The highest BCUT2D eigenvalue weighted by atomic mass is 35.5. The maximum absolute atomic E-state index is 11.8. The van der Waals surface area contributed by atoms with Crippen molar-refractivity contribution >= 4 is 35.0 Å². The highest BCUT2D eigenvalue weighted by Gasteiger charge is 2.09. The van der Waals surface area contributed by atoms with Gasteiger partial charge in [-0.3, -0.25) is 20.4 Å². The molecular formula is C17H16Cl2N2O3. The van der Waals surface area contributed by atoms with E-state index in [9.17, 15) is 9.59 Å². The van der Waals surface area contributed by atoms with Crippen molar-refractivity contribution in [2.75, 3.05) is 6.61 Å². The Labute approximate surface area is 149 Å². The SMILES string of the molecule is Cc1ccccc1OCC(=O)NNC(=O)Cc1ccc(Cl)cc1Cl. The molecule has 0 atom stereocenters. The number of halogens is 2. The predicted octanol–water partition coefficient (Wildman–Crippen LogP) is 3.07. The zero-order valence-electron chi connectivity index (χ0n) is 12.9. The lowest BCUT2D eigenvalue weighted by atomic mass is 10.1. The largest absolute Gasteiger partial charge is 0.483 e. The van der Waals surface area contributed by atoms with Gasteiger partial charge in [0.1, 0.15) is 5.75 Å². The van der Waals surface area contributed by atoms with Crippen LogP contribution in [0.2, 0.25) is 10.0 Å². The number of hydrogen-bond acceptors (Lipinski definition) is 3. The molecule has 0 saturated carbocycles. The van der Waals surface area contributed by atoms with Crippen molar-refractivity contribution in [3.8, 4) is 5.75 Å². The number of benzene rings is 2.